The lowest BCUT2D eigenvalue weighted by Gasteiger charge is -2.33. The van der Waals surface area contributed by atoms with Gasteiger partial charge < -0.3 is 5.73 Å². The number of imidazole rings is 1. The highest BCUT2D eigenvalue weighted by atomic mass is 79.9. The van der Waals surface area contributed by atoms with E-state index in [0.29, 0.717) is 35.0 Å². The number of carbonyl (C=O) groups excluding carboxylic acids is 2. The van der Waals surface area contributed by atoms with Crippen molar-refractivity contribution in [3.63, 3.8) is 0 Å². The summed E-state index contributed by atoms with van der Waals surface area (Å²) in [6.45, 7) is 1.82. The zero-order valence-corrected chi connectivity index (χ0v) is 24.2. The lowest BCUT2D eigenvalue weighted by molar-refractivity contribution is -0.124. The van der Waals surface area contributed by atoms with Gasteiger partial charge in [-0.2, -0.15) is 4.31 Å². The van der Waals surface area contributed by atoms with Crippen LogP contribution in [0.3, 0.4) is 0 Å². The Morgan fingerprint density at radius 1 is 1.16 bits per heavy atom. The van der Waals surface area contributed by atoms with Gasteiger partial charge in [-0.05, 0) is 55.7 Å². The third-order valence-corrected chi connectivity index (χ3v) is 9.83. The maximum absolute atomic E-state index is 14.2. The first-order chi connectivity index (χ1) is 17.9. The molecule has 2 unspecified atom stereocenters. The first-order valence-electron chi connectivity index (χ1n) is 11.9. The minimum absolute atomic E-state index is 0.110. The number of halogens is 3. The number of hydrogen-bond donors (Lipinski definition) is 1. The Bertz CT molecular complexity index is 1530. The Morgan fingerprint density at radius 2 is 1.82 bits per heavy atom. The van der Waals surface area contributed by atoms with Crippen LogP contribution in [0, 0.1) is 0 Å². The molecule has 1 aromatic heterocycles. The fourth-order valence-electron chi connectivity index (χ4n) is 5.21. The Morgan fingerprint density at radius 3 is 2.45 bits per heavy atom. The van der Waals surface area contributed by atoms with Crippen LogP contribution >= 0.6 is 39.1 Å². The molecule has 2 N–H and O–H groups in total. The van der Waals surface area contributed by atoms with Gasteiger partial charge in [0.15, 0.2) is 5.03 Å². The molecule has 2 atom stereocenters. The molecule has 0 radical (unpaired) electrons. The van der Waals surface area contributed by atoms with E-state index in [0.717, 1.165) is 14.3 Å². The van der Waals surface area contributed by atoms with Crippen LogP contribution in [0.1, 0.15) is 31.7 Å². The topological polar surface area (TPSA) is 119 Å². The van der Waals surface area contributed by atoms with Crippen LogP contribution in [-0.4, -0.2) is 46.7 Å². The summed E-state index contributed by atoms with van der Waals surface area (Å²) in [6.07, 6.45) is 3.01. The summed E-state index contributed by atoms with van der Waals surface area (Å²) in [5.74, 6) is -0.999. The Labute approximate surface area is 238 Å². The zero-order chi connectivity index (χ0) is 27.4. The second kappa shape index (κ2) is 9.95. The molecule has 9 nitrogen and oxygen atoms in total. The number of aromatic nitrogens is 2. The Balaban J connectivity index is 1.70. The van der Waals surface area contributed by atoms with Crippen LogP contribution in [0.5, 0.6) is 0 Å². The Hall–Kier alpha value is -2.44. The van der Waals surface area contributed by atoms with Gasteiger partial charge in [0.2, 0.25) is 11.9 Å². The number of piperidine rings is 1. The first-order valence-corrected chi connectivity index (χ1v) is 14.9. The number of amides is 2. The van der Waals surface area contributed by atoms with Crippen molar-refractivity contribution >= 4 is 72.6 Å². The summed E-state index contributed by atoms with van der Waals surface area (Å²) in [5.41, 5.74) is 5.37. The van der Waals surface area contributed by atoms with E-state index in [4.69, 9.17) is 28.9 Å². The highest BCUT2D eigenvalue weighted by Crippen LogP contribution is 2.45. The van der Waals surface area contributed by atoms with E-state index in [9.17, 15) is 18.0 Å². The number of nitrogens with zero attached hydrogens (tertiary/aromatic N) is 4. The molecule has 0 spiro atoms. The predicted octanol–water partition coefficient (Wildman–Crippen LogP) is 4.62. The molecule has 3 heterocycles. The number of primary amides is 1. The summed E-state index contributed by atoms with van der Waals surface area (Å²) in [5, 5.41) is 0.431. The van der Waals surface area contributed by atoms with Crippen molar-refractivity contribution in [1.29, 1.82) is 0 Å². The van der Waals surface area contributed by atoms with Crippen molar-refractivity contribution in [2.24, 2.45) is 5.73 Å². The summed E-state index contributed by atoms with van der Waals surface area (Å²) in [6, 6.07) is 11.1. The quantitative estimate of drug-likeness (QED) is 0.422. The summed E-state index contributed by atoms with van der Waals surface area (Å²) < 4.78 is 31.5. The molecule has 2 aliphatic rings. The third kappa shape index (κ3) is 4.54. The van der Waals surface area contributed by atoms with Gasteiger partial charge in [-0.1, -0.05) is 57.7 Å². The molecule has 5 rings (SSSR count). The monoisotopic (exact) mass is 639 g/mol. The van der Waals surface area contributed by atoms with Gasteiger partial charge in [0.25, 0.3) is 15.9 Å². The van der Waals surface area contributed by atoms with Crippen molar-refractivity contribution in [1.82, 2.24) is 13.9 Å². The van der Waals surface area contributed by atoms with E-state index in [2.05, 4.69) is 20.9 Å². The molecular weight excluding hydrogens is 617 g/mol. The molecule has 0 aliphatic carbocycles. The normalized spacial score (nSPS) is 22.1. The van der Waals surface area contributed by atoms with Crippen molar-refractivity contribution in [3.05, 3.63) is 68.7 Å². The number of hydrogen-bond acceptors (Lipinski definition) is 5. The number of benzene rings is 2. The highest BCUT2D eigenvalue weighted by Gasteiger charge is 2.53. The maximum atomic E-state index is 14.2. The minimum atomic E-state index is -4.26. The molecule has 1 saturated heterocycles. The lowest BCUT2D eigenvalue weighted by atomic mass is 9.92. The smallest absolute Gasteiger partial charge is 0.261 e. The fraction of sp³-hybridized carbons (Fsp3) is 0.320. The van der Waals surface area contributed by atoms with E-state index in [1.54, 1.807) is 19.1 Å². The molecule has 200 valence electrons. The second-order valence-electron chi connectivity index (χ2n) is 9.61. The second-order valence-corrected chi connectivity index (χ2v) is 13.2. The molecule has 38 heavy (non-hydrogen) atoms. The van der Waals surface area contributed by atoms with Gasteiger partial charge in [0.05, 0.1) is 11.9 Å². The largest absolute Gasteiger partial charge is 0.368 e. The number of fused-ring (bicyclic) bond motifs is 1. The van der Waals surface area contributed by atoms with Crippen LogP contribution in [0.4, 0.5) is 11.6 Å². The van der Waals surface area contributed by atoms with Gasteiger partial charge in [0, 0.05) is 27.5 Å². The van der Waals surface area contributed by atoms with Gasteiger partial charge in [-0.3, -0.25) is 14.2 Å². The molecule has 0 bridgehead atoms. The van der Waals surface area contributed by atoms with Crippen LogP contribution in [0.25, 0.3) is 0 Å². The summed E-state index contributed by atoms with van der Waals surface area (Å²) >= 11 is 15.9. The number of sulfonamides is 1. The zero-order valence-electron chi connectivity index (χ0n) is 20.3. The van der Waals surface area contributed by atoms with E-state index in [-0.39, 0.29) is 23.9 Å². The highest BCUT2D eigenvalue weighted by molar-refractivity contribution is 9.10. The van der Waals surface area contributed by atoms with Crippen LogP contribution in [-0.2, 0) is 31.6 Å². The molecular formula is C25H24BrCl2N5O4S. The Kier molecular flexibility index (Phi) is 7.10. The van der Waals surface area contributed by atoms with Crippen molar-refractivity contribution < 1.29 is 18.0 Å². The van der Waals surface area contributed by atoms with Gasteiger partial charge in [-0.25, -0.2) is 18.3 Å². The lowest BCUT2D eigenvalue weighted by Crippen LogP contribution is -2.51. The van der Waals surface area contributed by atoms with Crippen LogP contribution < -0.4 is 10.6 Å². The number of rotatable bonds is 6. The predicted molar refractivity (Wildman–Crippen MR) is 148 cm³/mol. The van der Waals surface area contributed by atoms with Crippen molar-refractivity contribution in [2.75, 3.05) is 11.4 Å². The average Bonchev–Trinajstić information content (AvgIpc) is 3.38. The van der Waals surface area contributed by atoms with Crippen molar-refractivity contribution in [3.8, 4) is 0 Å². The van der Waals surface area contributed by atoms with Gasteiger partial charge in [-0.15, -0.1) is 0 Å². The average molecular weight is 641 g/mol. The minimum Gasteiger partial charge on any atom is -0.368 e. The third-order valence-electron chi connectivity index (χ3n) is 6.99. The molecule has 1 fully saturated rings. The molecule has 2 aromatic carbocycles. The molecule has 13 heteroatoms. The SMILES string of the molecule is CC1(Cc2ccc(Br)cc2)C(=O)N(c2cc(Cl)cc(Cl)c2)c2ncc(S(=O)(=O)N3CCCCC3C(N)=O)n21. The van der Waals surface area contributed by atoms with Crippen LogP contribution in [0.2, 0.25) is 10.0 Å². The molecule has 2 amide bonds. The standard InChI is InChI=1S/C25H24BrCl2N5O4S/c1-25(13-15-5-7-16(26)8-6-15)23(35)32(19-11-17(27)10-18(28)12-19)24-30-14-21(33(24)25)38(36,37)31-9-3-2-4-20(31)22(29)34/h5-8,10-12,14,20H,2-4,9,13H2,1H3,(H2,29,34). The maximum Gasteiger partial charge on any atom is 0.261 e. The van der Waals surface area contributed by atoms with Gasteiger partial charge >= 0.3 is 0 Å². The van der Waals surface area contributed by atoms with E-state index < -0.39 is 33.4 Å². The van der Waals surface area contributed by atoms with E-state index in [1.165, 1.54) is 21.7 Å². The number of carbonyl (C=O) groups is 2. The number of nitrogens with two attached hydrogens (primary N) is 1. The summed E-state index contributed by atoms with van der Waals surface area (Å²) in [7, 11) is -4.26. The van der Waals surface area contributed by atoms with E-state index >= 15 is 0 Å². The van der Waals surface area contributed by atoms with Crippen LogP contribution in [0.15, 0.2) is 58.2 Å². The van der Waals surface area contributed by atoms with Gasteiger partial charge in [0.1, 0.15) is 11.6 Å². The molecule has 3 aromatic rings. The molecule has 0 saturated carbocycles. The first kappa shape index (κ1) is 27.1. The number of anilines is 2. The van der Waals surface area contributed by atoms with Crippen molar-refractivity contribution in [2.45, 2.75) is 49.2 Å². The molecule has 2 aliphatic heterocycles. The van der Waals surface area contributed by atoms with E-state index in [1.807, 2.05) is 24.3 Å². The fourth-order valence-corrected chi connectivity index (χ4v) is 7.84. The summed E-state index contributed by atoms with van der Waals surface area (Å²) in [4.78, 5) is 32.1.